The Balaban J connectivity index is 1.51. The van der Waals surface area contributed by atoms with Crippen LogP contribution in [0.2, 0.25) is 0 Å². The lowest BCUT2D eigenvalue weighted by Crippen LogP contribution is -2.15. The Kier molecular flexibility index (Phi) is 4.81. The van der Waals surface area contributed by atoms with Crippen LogP contribution < -0.4 is 10.1 Å². The number of aromatic nitrogens is 3. The molecule has 1 amide bonds. The molecule has 0 bridgehead atoms. The van der Waals surface area contributed by atoms with Crippen molar-refractivity contribution in [1.82, 2.24) is 14.8 Å². The predicted molar refractivity (Wildman–Crippen MR) is 86.5 cm³/mol. The van der Waals surface area contributed by atoms with Crippen molar-refractivity contribution in [1.29, 1.82) is 0 Å². The van der Waals surface area contributed by atoms with Crippen molar-refractivity contribution in [2.24, 2.45) is 0 Å². The van der Waals surface area contributed by atoms with Gasteiger partial charge < -0.3 is 10.1 Å². The topological polar surface area (TPSA) is 69.0 Å². The van der Waals surface area contributed by atoms with E-state index in [1.54, 1.807) is 35.3 Å². The van der Waals surface area contributed by atoms with E-state index >= 15 is 0 Å². The number of nitrogens with zero attached hydrogens (tertiary/aromatic N) is 3. The van der Waals surface area contributed by atoms with Crippen LogP contribution >= 0.6 is 0 Å². The summed E-state index contributed by atoms with van der Waals surface area (Å²) in [7, 11) is 0. The fourth-order valence-corrected chi connectivity index (χ4v) is 2.04. The molecule has 0 aliphatic rings. The maximum Gasteiger partial charge on any atom is 0.227 e. The first kappa shape index (κ1) is 15.7. The van der Waals surface area contributed by atoms with Crippen LogP contribution in [-0.4, -0.2) is 27.3 Å². The molecule has 1 N–H and O–H groups in total. The van der Waals surface area contributed by atoms with E-state index in [-0.39, 0.29) is 24.7 Å². The molecular weight excluding hydrogens is 311 g/mol. The third-order valence-corrected chi connectivity index (χ3v) is 3.17. The number of ether oxygens (including phenoxy) is 1. The standard InChI is InChI=1S/C17H15FN4O2/c18-14-5-1-2-6-15(14)24-10-8-17(23)21-13-11-20-22(12-13)16-7-3-4-9-19-16/h1-7,9,11-12H,8,10H2,(H,21,23). The van der Waals surface area contributed by atoms with Crippen LogP contribution in [0.15, 0.2) is 61.1 Å². The van der Waals surface area contributed by atoms with Crippen LogP contribution in [0.3, 0.4) is 0 Å². The third-order valence-electron chi connectivity index (χ3n) is 3.17. The molecule has 0 spiro atoms. The maximum absolute atomic E-state index is 13.4. The minimum atomic E-state index is -0.449. The lowest BCUT2D eigenvalue weighted by molar-refractivity contribution is -0.116. The summed E-state index contributed by atoms with van der Waals surface area (Å²) >= 11 is 0. The zero-order valence-electron chi connectivity index (χ0n) is 12.7. The van der Waals surface area contributed by atoms with Gasteiger partial charge in [-0.25, -0.2) is 14.1 Å². The first-order chi connectivity index (χ1) is 11.7. The second-order valence-electron chi connectivity index (χ2n) is 4.94. The highest BCUT2D eigenvalue weighted by Gasteiger charge is 2.07. The molecule has 2 heterocycles. The molecule has 0 atom stereocenters. The molecule has 0 aliphatic carbocycles. The quantitative estimate of drug-likeness (QED) is 0.756. The molecule has 6 nitrogen and oxygen atoms in total. The van der Waals surface area contributed by atoms with Gasteiger partial charge in [-0.15, -0.1) is 0 Å². The zero-order valence-corrected chi connectivity index (χ0v) is 12.7. The van der Waals surface area contributed by atoms with Crippen molar-refractivity contribution in [3.8, 4) is 11.6 Å². The molecule has 0 unspecified atom stereocenters. The van der Waals surface area contributed by atoms with E-state index in [0.717, 1.165) is 0 Å². The van der Waals surface area contributed by atoms with E-state index in [2.05, 4.69) is 15.4 Å². The van der Waals surface area contributed by atoms with Gasteiger partial charge >= 0.3 is 0 Å². The number of hydrogen-bond donors (Lipinski definition) is 1. The van der Waals surface area contributed by atoms with Crippen LogP contribution in [0.5, 0.6) is 5.75 Å². The van der Waals surface area contributed by atoms with Crippen molar-refractivity contribution >= 4 is 11.6 Å². The van der Waals surface area contributed by atoms with Gasteiger partial charge in [0.25, 0.3) is 0 Å². The summed E-state index contributed by atoms with van der Waals surface area (Å²) in [6, 6.07) is 11.5. The molecule has 24 heavy (non-hydrogen) atoms. The Bertz CT molecular complexity index is 820. The maximum atomic E-state index is 13.4. The number of nitrogens with one attached hydrogen (secondary N) is 1. The summed E-state index contributed by atoms with van der Waals surface area (Å²) < 4.78 is 20.2. The van der Waals surface area contributed by atoms with Gasteiger partial charge in [0.15, 0.2) is 17.4 Å². The summed E-state index contributed by atoms with van der Waals surface area (Å²) in [6.07, 6.45) is 4.96. The van der Waals surface area contributed by atoms with Crippen molar-refractivity contribution in [2.45, 2.75) is 6.42 Å². The number of carbonyl (C=O) groups is 1. The Hall–Kier alpha value is -3.22. The second-order valence-corrected chi connectivity index (χ2v) is 4.94. The van der Waals surface area contributed by atoms with Crippen molar-refractivity contribution in [3.63, 3.8) is 0 Å². The molecule has 0 saturated heterocycles. The second kappa shape index (κ2) is 7.36. The SMILES string of the molecule is O=C(CCOc1ccccc1F)Nc1cnn(-c2ccccn2)c1. The van der Waals surface area contributed by atoms with E-state index in [0.29, 0.717) is 11.5 Å². The van der Waals surface area contributed by atoms with Gasteiger partial charge in [0.1, 0.15) is 0 Å². The van der Waals surface area contributed by atoms with Crippen molar-refractivity contribution < 1.29 is 13.9 Å². The first-order valence-electron chi connectivity index (χ1n) is 7.35. The highest BCUT2D eigenvalue weighted by atomic mass is 19.1. The number of hydrogen-bond acceptors (Lipinski definition) is 4. The molecule has 3 rings (SSSR count). The summed E-state index contributed by atoms with van der Waals surface area (Å²) in [4.78, 5) is 16.1. The highest BCUT2D eigenvalue weighted by Crippen LogP contribution is 2.15. The van der Waals surface area contributed by atoms with Gasteiger partial charge in [0.05, 0.1) is 31.1 Å². The lowest BCUT2D eigenvalue weighted by atomic mass is 10.3. The number of carbonyl (C=O) groups excluding carboxylic acids is 1. The monoisotopic (exact) mass is 326 g/mol. The van der Waals surface area contributed by atoms with E-state index in [1.165, 1.54) is 18.3 Å². The summed E-state index contributed by atoms with van der Waals surface area (Å²) in [5.74, 6) is 0.0932. The molecule has 0 radical (unpaired) electrons. The fourth-order valence-electron chi connectivity index (χ4n) is 2.04. The average Bonchev–Trinajstić information content (AvgIpc) is 3.06. The van der Waals surface area contributed by atoms with Crippen molar-refractivity contribution in [2.75, 3.05) is 11.9 Å². The number of rotatable bonds is 6. The first-order valence-corrected chi connectivity index (χ1v) is 7.35. The summed E-state index contributed by atoms with van der Waals surface area (Å²) in [5.41, 5.74) is 0.552. The predicted octanol–water partition coefficient (Wildman–Crippen LogP) is 2.81. The van der Waals surface area contributed by atoms with Crippen LogP contribution in [0.1, 0.15) is 6.42 Å². The molecule has 0 saturated carbocycles. The van der Waals surface area contributed by atoms with Crippen LogP contribution in [0.25, 0.3) is 5.82 Å². The van der Waals surface area contributed by atoms with Gasteiger partial charge in [-0.2, -0.15) is 5.10 Å². The molecule has 0 fully saturated rings. The number of benzene rings is 1. The molecule has 2 aromatic heterocycles. The van der Waals surface area contributed by atoms with Crippen LogP contribution in [-0.2, 0) is 4.79 Å². The summed E-state index contributed by atoms with van der Waals surface area (Å²) in [5, 5.41) is 6.85. The molecule has 1 aromatic carbocycles. The van der Waals surface area contributed by atoms with Gasteiger partial charge in [0, 0.05) is 6.20 Å². The Morgan fingerprint density at radius 3 is 2.83 bits per heavy atom. The van der Waals surface area contributed by atoms with Gasteiger partial charge in [0.2, 0.25) is 5.91 Å². The van der Waals surface area contributed by atoms with E-state index in [4.69, 9.17) is 4.74 Å². The minimum absolute atomic E-state index is 0.0845. The highest BCUT2D eigenvalue weighted by molar-refractivity contribution is 5.90. The van der Waals surface area contributed by atoms with Crippen LogP contribution in [0, 0.1) is 5.82 Å². The Morgan fingerprint density at radius 1 is 1.21 bits per heavy atom. The van der Waals surface area contributed by atoms with E-state index in [9.17, 15) is 9.18 Å². The van der Waals surface area contributed by atoms with E-state index < -0.39 is 5.82 Å². The number of pyridine rings is 1. The number of para-hydroxylation sites is 1. The molecular formula is C17H15FN4O2. The zero-order chi connectivity index (χ0) is 16.8. The molecule has 7 heteroatoms. The Morgan fingerprint density at radius 2 is 2.04 bits per heavy atom. The van der Waals surface area contributed by atoms with Gasteiger partial charge in [-0.1, -0.05) is 18.2 Å². The number of halogens is 1. The van der Waals surface area contributed by atoms with Gasteiger partial charge in [-0.3, -0.25) is 4.79 Å². The average molecular weight is 326 g/mol. The number of amides is 1. The molecule has 3 aromatic rings. The normalized spacial score (nSPS) is 10.4. The van der Waals surface area contributed by atoms with Crippen molar-refractivity contribution in [3.05, 3.63) is 66.9 Å². The van der Waals surface area contributed by atoms with Gasteiger partial charge in [-0.05, 0) is 24.3 Å². The Labute approximate surface area is 137 Å². The van der Waals surface area contributed by atoms with E-state index in [1.807, 2.05) is 12.1 Å². The number of anilines is 1. The summed E-state index contributed by atoms with van der Waals surface area (Å²) in [6.45, 7) is 0.0845. The lowest BCUT2D eigenvalue weighted by Gasteiger charge is -2.06. The third kappa shape index (κ3) is 3.95. The molecule has 122 valence electrons. The van der Waals surface area contributed by atoms with Crippen LogP contribution in [0.4, 0.5) is 10.1 Å². The molecule has 0 aliphatic heterocycles. The smallest absolute Gasteiger partial charge is 0.227 e. The largest absolute Gasteiger partial charge is 0.490 e. The fraction of sp³-hybridized carbons (Fsp3) is 0.118. The minimum Gasteiger partial charge on any atom is -0.490 e.